The first-order valence-corrected chi connectivity index (χ1v) is 10.2. The van der Waals surface area contributed by atoms with Crippen molar-refractivity contribution in [3.05, 3.63) is 65.1 Å². The zero-order valence-electron chi connectivity index (χ0n) is 18.6. The summed E-state index contributed by atoms with van der Waals surface area (Å²) in [6.07, 6.45) is 0. The van der Waals surface area contributed by atoms with Crippen molar-refractivity contribution in [2.45, 2.75) is 53.0 Å². The number of carbonyl (C=O) groups is 1. The molecule has 7 nitrogen and oxygen atoms in total. The van der Waals surface area contributed by atoms with Gasteiger partial charge in [0.05, 0.1) is 0 Å². The molecule has 4 aromatic rings. The van der Waals surface area contributed by atoms with Crippen LogP contribution in [0.1, 0.15) is 67.3 Å². The van der Waals surface area contributed by atoms with Crippen LogP contribution in [0.25, 0.3) is 22.2 Å². The minimum Gasteiger partial charge on any atom is -0.439 e. The lowest BCUT2D eigenvalue weighted by Gasteiger charge is -2.12. The van der Waals surface area contributed by atoms with Gasteiger partial charge < -0.3 is 14.3 Å². The zero-order chi connectivity index (χ0) is 22.3. The van der Waals surface area contributed by atoms with Crippen molar-refractivity contribution in [1.29, 1.82) is 0 Å². The normalized spacial score (nSPS) is 12.8. The lowest BCUT2D eigenvalue weighted by molar-refractivity contribution is 0.0932. The van der Waals surface area contributed by atoms with Crippen molar-refractivity contribution in [2.75, 3.05) is 0 Å². The van der Waals surface area contributed by atoms with Gasteiger partial charge >= 0.3 is 0 Å². The van der Waals surface area contributed by atoms with Crippen molar-refractivity contribution in [1.82, 2.24) is 20.4 Å². The predicted molar refractivity (Wildman–Crippen MR) is 118 cm³/mol. The van der Waals surface area contributed by atoms with Crippen LogP contribution >= 0.6 is 0 Å². The van der Waals surface area contributed by atoms with E-state index in [1.165, 1.54) is 0 Å². The largest absolute Gasteiger partial charge is 0.439 e. The topological polar surface area (TPSA) is 94.1 Å². The third-order valence-electron chi connectivity index (χ3n) is 5.02. The van der Waals surface area contributed by atoms with Gasteiger partial charge in [0.1, 0.15) is 11.6 Å². The molecule has 2 aromatic carbocycles. The molecule has 0 aliphatic heterocycles. The Kier molecular flexibility index (Phi) is 5.13. The lowest BCUT2D eigenvalue weighted by atomic mass is 9.97. The Labute approximate surface area is 180 Å². The van der Waals surface area contributed by atoms with Crippen LogP contribution in [0.4, 0.5) is 0 Å². The summed E-state index contributed by atoms with van der Waals surface area (Å²) in [4.78, 5) is 21.9. The second kappa shape index (κ2) is 7.65. The number of fused-ring (bicyclic) bond motifs is 1. The van der Waals surface area contributed by atoms with Crippen LogP contribution in [0.5, 0.6) is 0 Å². The Morgan fingerprint density at radius 3 is 2.39 bits per heavy atom. The van der Waals surface area contributed by atoms with Crippen LogP contribution in [0.2, 0.25) is 0 Å². The average Bonchev–Trinajstić information content (AvgIpc) is 3.34. The first-order valence-electron chi connectivity index (χ1n) is 10.2. The molecule has 31 heavy (non-hydrogen) atoms. The van der Waals surface area contributed by atoms with Gasteiger partial charge in [0.15, 0.2) is 11.4 Å². The molecule has 0 saturated heterocycles. The Hall–Kier alpha value is -3.48. The highest BCUT2D eigenvalue weighted by Gasteiger charge is 2.24. The zero-order valence-corrected chi connectivity index (χ0v) is 18.6. The van der Waals surface area contributed by atoms with Gasteiger partial charge in [-0.3, -0.25) is 4.79 Å². The van der Waals surface area contributed by atoms with Crippen molar-refractivity contribution >= 4 is 17.0 Å². The monoisotopic (exact) mass is 418 g/mol. The summed E-state index contributed by atoms with van der Waals surface area (Å²) in [6.45, 7) is 11.7. The summed E-state index contributed by atoms with van der Waals surface area (Å²) >= 11 is 0. The highest BCUT2D eigenvalue weighted by molar-refractivity contribution is 6.02. The van der Waals surface area contributed by atoms with E-state index >= 15 is 0 Å². The fourth-order valence-corrected chi connectivity index (χ4v) is 3.26. The van der Waals surface area contributed by atoms with Gasteiger partial charge in [-0.1, -0.05) is 55.8 Å². The van der Waals surface area contributed by atoms with Crippen molar-refractivity contribution in [3.8, 4) is 11.1 Å². The molecule has 7 heteroatoms. The number of hydrogen-bond donors (Lipinski definition) is 1. The third-order valence-corrected chi connectivity index (χ3v) is 5.02. The molecule has 4 rings (SSSR count). The number of rotatable bonds is 4. The Morgan fingerprint density at radius 2 is 1.77 bits per heavy atom. The smallest absolute Gasteiger partial charge is 0.252 e. The number of aryl methyl sites for hydroxylation is 2. The van der Waals surface area contributed by atoms with Gasteiger partial charge in [0.2, 0.25) is 11.8 Å². The molecule has 2 heterocycles. The van der Waals surface area contributed by atoms with Gasteiger partial charge in [-0.25, -0.2) is 4.98 Å². The van der Waals surface area contributed by atoms with Crippen LogP contribution in [0, 0.1) is 13.8 Å². The molecular formula is C24H26N4O3. The molecule has 1 N–H and O–H groups in total. The molecule has 0 fully saturated rings. The van der Waals surface area contributed by atoms with Gasteiger partial charge in [0, 0.05) is 16.5 Å². The number of amides is 1. The molecule has 0 spiro atoms. The van der Waals surface area contributed by atoms with Crippen molar-refractivity contribution in [3.63, 3.8) is 0 Å². The van der Waals surface area contributed by atoms with E-state index in [1.807, 2.05) is 58.0 Å². The van der Waals surface area contributed by atoms with Crippen LogP contribution in [-0.4, -0.2) is 21.0 Å². The standard InChI is InChI=1S/C24H26N4O3/c1-13-7-9-16(10-8-13)18-11-17(12-19-20(18)30-23(27-19)24(4,5)6)21(29)25-14(2)22-26-15(3)28-31-22/h7-12,14H,1-6H3,(H,25,29)/t14-/m1/s1. The number of carbonyl (C=O) groups excluding carboxylic acids is 1. The summed E-state index contributed by atoms with van der Waals surface area (Å²) in [5.74, 6) is 1.26. The lowest BCUT2D eigenvalue weighted by Crippen LogP contribution is -2.27. The SMILES string of the molecule is Cc1ccc(-c2cc(C(=O)N[C@H](C)c3nc(C)no3)cc3nc(C(C)(C)C)oc23)cc1. The maximum absolute atomic E-state index is 13.1. The van der Waals surface area contributed by atoms with Gasteiger partial charge in [-0.2, -0.15) is 4.98 Å². The Morgan fingerprint density at radius 1 is 1.06 bits per heavy atom. The van der Waals surface area contributed by atoms with E-state index in [-0.39, 0.29) is 11.3 Å². The van der Waals surface area contributed by atoms with Crippen LogP contribution in [0.3, 0.4) is 0 Å². The number of nitrogens with zero attached hydrogens (tertiary/aromatic N) is 3. The molecule has 0 aliphatic rings. The quantitative estimate of drug-likeness (QED) is 0.484. The van der Waals surface area contributed by atoms with Gasteiger partial charge in [-0.05, 0) is 38.5 Å². The second-order valence-corrected chi connectivity index (χ2v) is 8.88. The first kappa shape index (κ1) is 20.8. The average molecular weight is 418 g/mol. The molecular weight excluding hydrogens is 392 g/mol. The minimum atomic E-state index is -0.422. The van der Waals surface area contributed by atoms with E-state index in [1.54, 1.807) is 19.9 Å². The summed E-state index contributed by atoms with van der Waals surface area (Å²) in [5, 5.41) is 6.71. The maximum Gasteiger partial charge on any atom is 0.252 e. The van der Waals surface area contributed by atoms with E-state index in [9.17, 15) is 4.79 Å². The summed E-state index contributed by atoms with van der Waals surface area (Å²) in [7, 11) is 0. The van der Waals surface area contributed by atoms with E-state index < -0.39 is 6.04 Å². The molecule has 160 valence electrons. The molecule has 0 saturated carbocycles. The van der Waals surface area contributed by atoms with Gasteiger partial charge in [0.25, 0.3) is 5.91 Å². The molecule has 2 aromatic heterocycles. The van der Waals surface area contributed by atoms with E-state index in [0.717, 1.165) is 16.7 Å². The molecule has 1 amide bonds. The molecule has 0 radical (unpaired) electrons. The fraction of sp³-hybridized carbons (Fsp3) is 0.333. The minimum absolute atomic E-state index is 0.251. The number of oxazole rings is 1. The maximum atomic E-state index is 13.1. The summed E-state index contributed by atoms with van der Waals surface area (Å²) in [5.41, 5.74) is 4.50. The predicted octanol–water partition coefficient (Wildman–Crippen LogP) is 5.28. The molecule has 0 bridgehead atoms. The first-order chi connectivity index (χ1) is 14.6. The summed E-state index contributed by atoms with van der Waals surface area (Å²) < 4.78 is 11.3. The van der Waals surface area contributed by atoms with E-state index in [0.29, 0.717) is 34.3 Å². The highest BCUT2D eigenvalue weighted by Crippen LogP contribution is 2.34. The molecule has 0 unspecified atom stereocenters. The Bertz CT molecular complexity index is 1250. The number of nitrogens with one attached hydrogen (secondary N) is 1. The molecule has 0 aliphatic carbocycles. The van der Waals surface area contributed by atoms with Crippen molar-refractivity contribution < 1.29 is 13.7 Å². The van der Waals surface area contributed by atoms with Crippen LogP contribution in [-0.2, 0) is 5.41 Å². The Balaban J connectivity index is 1.78. The second-order valence-electron chi connectivity index (χ2n) is 8.88. The number of hydrogen-bond acceptors (Lipinski definition) is 6. The van der Waals surface area contributed by atoms with E-state index in [2.05, 4.69) is 20.4 Å². The number of aromatic nitrogens is 3. The highest BCUT2D eigenvalue weighted by atomic mass is 16.5. The van der Waals surface area contributed by atoms with Crippen LogP contribution in [0.15, 0.2) is 45.3 Å². The summed E-state index contributed by atoms with van der Waals surface area (Å²) in [6, 6.07) is 11.3. The van der Waals surface area contributed by atoms with E-state index in [4.69, 9.17) is 8.94 Å². The third kappa shape index (κ3) is 4.21. The molecule has 1 atom stereocenters. The number of benzene rings is 2. The van der Waals surface area contributed by atoms with Gasteiger partial charge in [-0.15, -0.1) is 0 Å². The van der Waals surface area contributed by atoms with Crippen molar-refractivity contribution in [2.24, 2.45) is 0 Å². The fourth-order valence-electron chi connectivity index (χ4n) is 3.26. The van der Waals surface area contributed by atoms with Crippen LogP contribution < -0.4 is 5.32 Å².